The first-order valence-electron chi connectivity index (χ1n) is 4.41. The molecule has 0 radical (unpaired) electrons. The Kier molecular flexibility index (Phi) is 3.59. The van der Waals surface area contributed by atoms with Crippen LogP contribution in [0.5, 0.6) is 0 Å². The van der Waals surface area contributed by atoms with E-state index in [9.17, 15) is 4.79 Å². The van der Waals surface area contributed by atoms with Gasteiger partial charge in [0.2, 0.25) is 5.91 Å². The van der Waals surface area contributed by atoms with E-state index in [1.807, 2.05) is 19.9 Å². The van der Waals surface area contributed by atoms with Gasteiger partial charge in [-0.2, -0.15) is 0 Å². The molecule has 0 saturated heterocycles. The van der Waals surface area contributed by atoms with Gasteiger partial charge in [-0.3, -0.25) is 4.79 Å². The van der Waals surface area contributed by atoms with Crippen molar-refractivity contribution < 1.29 is 4.79 Å². The zero-order valence-corrected chi connectivity index (χ0v) is 8.97. The van der Waals surface area contributed by atoms with Gasteiger partial charge in [0.1, 0.15) is 0 Å². The first-order chi connectivity index (χ1) is 6.79. The van der Waals surface area contributed by atoms with Crippen LogP contribution in [0.4, 0.5) is 0 Å². The minimum Gasteiger partial charge on any atom is -0.366 e. The standard InChI is InChI=1S/C8H6N2OS.C2H6/c9-8(11)5-2-1-3-6-7(5)12-4-10-6;1-2/h1-4H,(H2,9,11);1-2H3. The summed E-state index contributed by atoms with van der Waals surface area (Å²) in [5.41, 5.74) is 8.27. The smallest absolute Gasteiger partial charge is 0.250 e. The summed E-state index contributed by atoms with van der Waals surface area (Å²) in [5, 5.41) is 0. The molecule has 2 rings (SSSR count). The molecule has 0 fully saturated rings. The molecule has 0 atom stereocenters. The number of rotatable bonds is 1. The highest BCUT2D eigenvalue weighted by Gasteiger charge is 2.06. The Morgan fingerprint density at radius 3 is 2.79 bits per heavy atom. The lowest BCUT2D eigenvalue weighted by atomic mass is 10.2. The van der Waals surface area contributed by atoms with Crippen molar-refractivity contribution in [3.8, 4) is 0 Å². The number of primary amides is 1. The summed E-state index contributed by atoms with van der Waals surface area (Å²) < 4.78 is 0.866. The van der Waals surface area contributed by atoms with Gasteiger partial charge in [0.15, 0.2) is 0 Å². The van der Waals surface area contributed by atoms with E-state index in [0.717, 1.165) is 10.2 Å². The van der Waals surface area contributed by atoms with Gasteiger partial charge in [-0.15, -0.1) is 11.3 Å². The van der Waals surface area contributed by atoms with Crippen molar-refractivity contribution in [2.75, 3.05) is 0 Å². The van der Waals surface area contributed by atoms with Gasteiger partial charge in [-0.1, -0.05) is 19.9 Å². The molecule has 2 N–H and O–H groups in total. The molecule has 4 heteroatoms. The number of nitrogens with two attached hydrogens (primary N) is 1. The summed E-state index contributed by atoms with van der Waals surface area (Å²) in [6, 6.07) is 5.35. The van der Waals surface area contributed by atoms with Crippen LogP contribution in [-0.4, -0.2) is 10.9 Å². The molecule has 0 bridgehead atoms. The lowest BCUT2D eigenvalue weighted by molar-refractivity contribution is 0.100. The number of nitrogens with zero attached hydrogens (tertiary/aromatic N) is 1. The third-order valence-electron chi connectivity index (χ3n) is 1.62. The van der Waals surface area contributed by atoms with Crippen LogP contribution < -0.4 is 5.73 Å². The number of aromatic nitrogens is 1. The first kappa shape index (κ1) is 10.7. The highest BCUT2D eigenvalue weighted by molar-refractivity contribution is 7.17. The van der Waals surface area contributed by atoms with Crippen LogP contribution in [0.1, 0.15) is 24.2 Å². The maximum atomic E-state index is 10.9. The maximum absolute atomic E-state index is 10.9. The van der Waals surface area contributed by atoms with E-state index in [0.29, 0.717) is 5.56 Å². The van der Waals surface area contributed by atoms with Crippen molar-refractivity contribution in [2.24, 2.45) is 5.73 Å². The average Bonchev–Trinajstić information content (AvgIpc) is 2.67. The molecule has 1 heterocycles. The molecule has 14 heavy (non-hydrogen) atoms. The maximum Gasteiger partial charge on any atom is 0.250 e. The molecule has 1 aromatic carbocycles. The van der Waals surface area contributed by atoms with Crippen molar-refractivity contribution in [3.63, 3.8) is 0 Å². The lowest BCUT2D eigenvalue weighted by Crippen LogP contribution is -2.10. The number of benzene rings is 1. The molecule has 0 saturated carbocycles. The predicted octanol–water partition coefficient (Wildman–Crippen LogP) is 2.42. The van der Waals surface area contributed by atoms with Crippen molar-refractivity contribution in [3.05, 3.63) is 29.3 Å². The third kappa shape index (κ3) is 1.90. The second-order valence-electron chi connectivity index (χ2n) is 2.37. The van der Waals surface area contributed by atoms with Gasteiger partial charge < -0.3 is 5.73 Å². The molecular formula is C10H12N2OS. The molecule has 0 aliphatic heterocycles. The minimum atomic E-state index is -0.398. The number of fused-ring (bicyclic) bond motifs is 1. The van der Waals surface area contributed by atoms with Crippen LogP contribution in [-0.2, 0) is 0 Å². The van der Waals surface area contributed by atoms with E-state index in [1.165, 1.54) is 11.3 Å². The number of carbonyl (C=O) groups excluding carboxylic acids is 1. The second kappa shape index (κ2) is 4.72. The monoisotopic (exact) mass is 208 g/mol. The Morgan fingerprint density at radius 2 is 2.14 bits per heavy atom. The normalized spacial score (nSPS) is 9.29. The van der Waals surface area contributed by atoms with Gasteiger partial charge in [0, 0.05) is 0 Å². The van der Waals surface area contributed by atoms with E-state index in [-0.39, 0.29) is 0 Å². The lowest BCUT2D eigenvalue weighted by Gasteiger charge is -1.94. The molecule has 0 aliphatic carbocycles. The summed E-state index contributed by atoms with van der Waals surface area (Å²) >= 11 is 1.43. The molecule has 1 aromatic heterocycles. The molecular weight excluding hydrogens is 196 g/mol. The molecule has 0 unspecified atom stereocenters. The number of thiazole rings is 1. The fraction of sp³-hybridized carbons (Fsp3) is 0.200. The second-order valence-corrected chi connectivity index (χ2v) is 3.23. The first-order valence-corrected chi connectivity index (χ1v) is 5.29. The number of hydrogen-bond donors (Lipinski definition) is 1. The van der Waals surface area contributed by atoms with E-state index in [1.54, 1.807) is 17.6 Å². The quantitative estimate of drug-likeness (QED) is 0.782. The van der Waals surface area contributed by atoms with Crippen LogP contribution in [0.2, 0.25) is 0 Å². The number of amides is 1. The summed E-state index contributed by atoms with van der Waals surface area (Å²) in [6.45, 7) is 4.00. The van der Waals surface area contributed by atoms with Gasteiger partial charge in [-0.05, 0) is 12.1 Å². The zero-order chi connectivity index (χ0) is 10.6. The minimum absolute atomic E-state index is 0.398. The average molecular weight is 208 g/mol. The summed E-state index contributed by atoms with van der Waals surface area (Å²) in [5.74, 6) is -0.398. The SMILES string of the molecule is CC.NC(=O)c1cccc2ncsc12. The molecule has 0 spiro atoms. The van der Waals surface area contributed by atoms with E-state index in [2.05, 4.69) is 4.98 Å². The van der Waals surface area contributed by atoms with E-state index >= 15 is 0 Å². The van der Waals surface area contributed by atoms with Crippen LogP contribution in [0.15, 0.2) is 23.7 Å². The van der Waals surface area contributed by atoms with Crippen molar-refractivity contribution in [1.29, 1.82) is 0 Å². The number of carbonyl (C=O) groups is 1. The van der Waals surface area contributed by atoms with Gasteiger partial charge >= 0.3 is 0 Å². The van der Waals surface area contributed by atoms with E-state index < -0.39 is 5.91 Å². The highest BCUT2D eigenvalue weighted by Crippen LogP contribution is 2.21. The van der Waals surface area contributed by atoms with Crippen LogP contribution in [0.25, 0.3) is 10.2 Å². The molecule has 3 nitrogen and oxygen atoms in total. The van der Waals surface area contributed by atoms with Crippen LogP contribution in [0, 0.1) is 0 Å². The topological polar surface area (TPSA) is 56.0 Å². The van der Waals surface area contributed by atoms with Crippen LogP contribution >= 0.6 is 11.3 Å². The summed E-state index contributed by atoms with van der Waals surface area (Å²) in [6.07, 6.45) is 0. The number of hydrogen-bond acceptors (Lipinski definition) is 3. The molecule has 2 aromatic rings. The van der Waals surface area contributed by atoms with Gasteiger partial charge in [0.05, 0.1) is 21.3 Å². The fourth-order valence-corrected chi connectivity index (χ4v) is 1.89. The summed E-state index contributed by atoms with van der Waals surface area (Å²) in [7, 11) is 0. The van der Waals surface area contributed by atoms with Crippen molar-refractivity contribution in [1.82, 2.24) is 4.98 Å². The molecule has 0 aliphatic rings. The van der Waals surface area contributed by atoms with Crippen molar-refractivity contribution >= 4 is 27.5 Å². The fourth-order valence-electron chi connectivity index (χ4n) is 1.08. The summed E-state index contributed by atoms with van der Waals surface area (Å²) in [4.78, 5) is 15.0. The largest absolute Gasteiger partial charge is 0.366 e. The Hall–Kier alpha value is -1.42. The van der Waals surface area contributed by atoms with Gasteiger partial charge in [0.25, 0.3) is 0 Å². The van der Waals surface area contributed by atoms with E-state index in [4.69, 9.17) is 5.73 Å². The Balaban J connectivity index is 0.000000461. The predicted molar refractivity (Wildman–Crippen MR) is 59.5 cm³/mol. The highest BCUT2D eigenvalue weighted by atomic mass is 32.1. The van der Waals surface area contributed by atoms with Crippen molar-refractivity contribution in [2.45, 2.75) is 13.8 Å². The van der Waals surface area contributed by atoms with Crippen LogP contribution in [0.3, 0.4) is 0 Å². The third-order valence-corrected chi connectivity index (χ3v) is 2.50. The Labute approximate surface area is 86.6 Å². The Morgan fingerprint density at radius 1 is 1.43 bits per heavy atom. The molecule has 74 valence electrons. The Bertz CT molecular complexity index is 436. The molecule has 1 amide bonds. The van der Waals surface area contributed by atoms with Gasteiger partial charge in [-0.25, -0.2) is 4.98 Å². The zero-order valence-electron chi connectivity index (χ0n) is 8.15.